The van der Waals surface area contributed by atoms with Gasteiger partial charge in [0.15, 0.2) is 0 Å². The third-order valence-electron chi connectivity index (χ3n) is 3.17. The van der Waals surface area contributed by atoms with Gasteiger partial charge in [-0.1, -0.05) is 35.4 Å². The van der Waals surface area contributed by atoms with Crippen molar-refractivity contribution in [3.8, 4) is 11.5 Å². The molecule has 0 bridgehead atoms. The second-order valence-corrected chi connectivity index (χ2v) is 7.05. The molecular formula is C16H18ClO4P. The van der Waals surface area contributed by atoms with Crippen molar-refractivity contribution in [2.45, 2.75) is 27.7 Å². The molecule has 0 heterocycles. The molecule has 4 nitrogen and oxygen atoms in total. The van der Waals surface area contributed by atoms with Gasteiger partial charge in [0.2, 0.25) is 0 Å². The SMILES string of the molecule is Cc1ccc(OP(=O)(OCl)Oc2ccc(C)cc2C)c(C)c1. The van der Waals surface area contributed by atoms with Crippen molar-refractivity contribution >= 4 is 19.7 Å². The average Bonchev–Trinajstić information content (AvgIpc) is 2.45. The zero-order valence-corrected chi connectivity index (χ0v) is 14.6. The molecule has 2 aromatic carbocycles. The van der Waals surface area contributed by atoms with Crippen molar-refractivity contribution < 1.29 is 17.7 Å². The van der Waals surface area contributed by atoms with Gasteiger partial charge in [-0.05, 0) is 51.0 Å². The van der Waals surface area contributed by atoms with Crippen LogP contribution in [0.5, 0.6) is 11.5 Å². The first-order valence-corrected chi connectivity index (χ1v) is 8.54. The first-order valence-electron chi connectivity index (χ1n) is 6.77. The Morgan fingerprint density at radius 3 is 1.55 bits per heavy atom. The van der Waals surface area contributed by atoms with E-state index in [-0.39, 0.29) is 0 Å². The van der Waals surface area contributed by atoms with Crippen LogP contribution in [0.2, 0.25) is 0 Å². The van der Waals surface area contributed by atoms with Crippen LogP contribution in [-0.4, -0.2) is 0 Å². The maximum Gasteiger partial charge on any atom is 0.604 e. The Labute approximate surface area is 135 Å². The van der Waals surface area contributed by atoms with E-state index >= 15 is 0 Å². The molecule has 0 aliphatic rings. The molecule has 0 spiro atoms. The minimum absolute atomic E-state index is 0.402. The summed E-state index contributed by atoms with van der Waals surface area (Å²) in [6.45, 7) is 7.61. The second kappa shape index (κ2) is 6.74. The van der Waals surface area contributed by atoms with E-state index in [2.05, 4.69) is 4.08 Å². The predicted octanol–water partition coefficient (Wildman–Crippen LogP) is 5.66. The van der Waals surface area contributed by atoms with Gasteiger partial charge >= 0.3 is 7.82 Å². The highest BCUT2D eigenvalue weighted by atomic mass is 35.5. The smallest absolute Gasteiger partial charge is 0.394 e. The molecular weight excluding hydrogens is 323 g/mol. The van der Waals surface area contributed by atoms with Crippen molar-refractivity contribution in [3.63, 3.8) is 0 Å². The molecule has 2 rings (SSSR count). The first kappa shape index (κ1) is 16.9. The largest absolute Gasteiger partial charge is 0.604 e. The summed E-state index contributed by atoms with van der Waals surface area (Å²) in [5.41, 5.74) is 3.78. The van der Waals surface area contributed by atoms with Crippen LogP contribution in [0.1, 0.15) is 22.3 Å². The zero-order chi connectivity index (χ0) is 16.3. The van der Waals surface area contributed by atoms with E-state index in [1.165, 1.54) is 0 Å². The van der Waals surface area contributed by atoms with Gasteiger partial charge in [-0.15, -0.1) is 0 Å². The van der Waals surface area contributed by atoms with E-state index in [4.69, 9.17) is 20.9 Å². The highest BCUT2D eigenvalue weighted by molar-refractivity contribution is 7.50. The third kappa shape index (κ3) is 4.04. The fourth-order valence-corrected chi connectivity index (χ4v) is 3.25. The molecule has 0 saturated carbocycles. The van der Waals surface area contributed by atoms with Crippen LogP contribution in [-0.2, 0) is 8.64 Å². The molecule has 0 aromatic heterocycles. The summed E-state index contributed by atoms with van der Waals surface area (Å²) in [7, 11) is -3.96. The van der Waals surface area contributed by atoms with Crippen LogP contribution >= 0.6 is 19.7 Å². The first-order chi connectivity index (χ1) is 10.3. The molecule has 0 atom stereocenters. The number of phosphoric ester groups is 1. The van der Waals surface area contributed by atoms with Gasteiger partial charge in [0.1, 0.15) is 11.5 Å². The number of rotatable bonds is 5. The van der Waals surface area contributed by atoms with Crippen LogP contribution in [0.15, 0.2) is 36.4 Å². The summed E-state index contributed by atoms with van der Waals surface area (Å²) in [4.78, 5) is 0. The summed E-state index contributed by atoms with van der Waals surface area (Å²) in [6.07, 6.45) is 0. The molecule has 2 aromatic rings. The summed E-state index contributed by atoms with van der Waals surface area (Å²) in [5, 5.41) is 0. The van der Waals surface area contributed by atoms with Crippen LogP contribution in [0.25, 0.3) is 0 Å². The Kier molecular flexibility index (Phi) is 5.17. The maximum atomic E-state index is 12.6. The van der Waals surface area contributed by atoms with Crippen LogP contribution in [0, 0.1) is 27.7 Å². The molecule has 118 valence electrons. The molecule has 0 radical (unpaired) electrons. The molecule has 0 aliphatic carbocycles. The minimum Gasteiger partial charge on any atom is -0.394 e. The fourth-order valence-electron chi connectivity index (χ4n) is 2.09. The lowest BCUT2D eigenvalue weighted by atomic mass is 10.1. The van der Waals surface area contributed by atoms with Crippen molar-refractivity contribution in [2.75, 3.05) is 0 Å². The van der Waals surface area contributed by atoms with Crippen molar-refractivity contribution in [1.82, 2.24) is 0 Å². The Balaban J connectivity index is 2.26. The molecule has 0 unspecified atom stereocenters. The van der Waals surface area contributed by atoms with Gasteiger partial charge in [0, 0.05) is 0 Å². The number of halogens is 1. The van der Waals surface area contributed by atoms with Gasteiger partial charge in [-0.2, -0.15) is 4.08 Å². The third-order valence-corrected chi connectivity index (χ3v) is 4.68. The molecule has 0 saturated heterocycles. The monoisotopic (exact) mass is 340 g/mol. The summed E-state index contributed by atoms with van der Waals surface area (Å²) in [6, 6.07) is 10.9. The Hall–Kier alpha value is -1.48. The quantitative estimate of drug-likeness (QED) is 0.659. The summed E-state index contributed by atoms with van der Waals surface area (Å²) >= 11 is 5.36. The normalized spacial score (nSPS) is 11.3. The minimum atomic E-state index is -3.96. The second-order valence-electron chi connectivity index (χ2n) is 5.24. The van der Waals surface area contributed by atoms with Crippen molar-refractivity contribution in [1.29, 1.82) is 0 Å². The number of benzene rings is 2. The lowest BCUT2D eigenvalue weighted by molar-refractivity contribution is 0.306. The number of hydrogen-bond acceptors (Lipinski definition) is 4. The number of aryl methyl sites for hydroxylation is 4. The van der Waals surface area contributed by atoms with E-state index < -0.39 is 7.82 Å². The molecule has 0 fully saturated rings. The van der Waals surface area contributed by atoms with E-state index in [1.54, 1.807) is 12.1 Å². The summed E-state index contributed by atoms with van der Waals surface area (Å²) < 4.78 is 27.9. The fraction of sp³-hybridized carbons (Fsp3) is 0.250. The topological polar surface area (TPSA) is 44.8 Å². The van der Waals surface area contributed by atoms with E-state index in [0.717, 1.165) is 22.3 Å². The van der Waals surface area contributed by atoms with Crippen molar-refractivity contribution in [2.24, 2.45) is 0 Å². The lowest BCUT2D eigenvalue weighted by Gasteiger charge is -2.18. The summed E-state index contributed by atoms with van der Waals surface area (Å²) in [5.74, 6) is 0.804. The Bertz CT molecular complexity index is 673. The molecule has 0 amide bonds. The van der Waals surface area contributed by atoms with Crippen LogP contribution in [0.4, 0.5) is 0 Å². The van der Waals surface area contributed by atoms with Crippen molar-refractivity contribution in [3.05, 3.63) is 58.7 Å². The Morgan fingerprint density at radius 1 is 0.818 bits per heavy atom. The highest BCUT2D eigenvalue weighted by Gasteiger charge is 2.32. The van der Waals surface area contributed by atoms with Gasteiger partial charge in [-0.25, -0.2) is 4.57 Å². The molecule has 0 N–H and O–H groups in total. The highest BCUT2D eigenvalue weighted by Crippen LogP contribution is 2.51. The van der Waals surface area contributed by atoms with Gasteiger partial charge in [0.05, 0.1) is 11.9 Å². The van der Waals surface area contributed by atoms with E-state index in [1.807, 2.05) is 52.0 Å². The van der Waals surface area contributed by atoms with Gasteiger partial charge in [-0.3, -0.25) is 0 Å². The molecule has 0 aliphatic heterocycles. The maximum absolute atomic E-state index is 12.6. The molecule has 22 heavy (non-hydrogen) atoms. The van der Waals surface area contributed by atoms with Gasteiger partial charge in [0.25, 0.3) is 0 Å². The van der Waals surface area contributed by atoms with Gasteiger partial charge < -0.3 is 9.05 Å². The Morgan fingerprint density at radius 2 is 1.23 bits per heavy atom. The van der Waals surface area contributed by atoms with E-state index in [9.17, 15) is 4.57 Å². The number of phosphoric acid groups is 1. The standard InChI is InChI=1S/C16H18ClO4P/c1-11-5-7-15(13(3)9-11)19-22(18,21-17)20-16-8-6-12(2)10-14(16)4/h5-10H,1-4H3. The average molecular weight is 341 g/mol. The van der Waals surface area contributed by atoms with E-state index in [0.29, 0.717) is 11.5 Å². The predicted molar refractivity (Wildman–Crippen MR) is 87.6 cm³/mol. The zero-order valence-electron chi connectivity index (χ0n) is 12.9. The lowest BCUT2D eigenvalue weighted by Crippen LogP contribution is -2.03. The van der Waals surface area contributed by atoms with Crippen LogP contribution in [0.3, 0.4) is 0 Å². The molecule has 6 heteroatoms. The van der Waals surface area contributed by atoms with Crippen LogP contribution < -0.4 is 9.05 Å². The number of hydrogen-bond donors (Lipinski definition) is 0.